The minimum absolute atomic E-state index is 0.0152. The highest BCUT2D eigenvalue weighted by Crippen LogP contribution is 2.39. The van der Waals surface area contributed by atoms with Crippen LogP contribution in [-0.2, 0) is 10.0 Å². The van der Waals surface area contributed by atoms with Gasteiger partial charge in [0, 0.05) is 39.9 Å². The van der Waals surface area contributed by atoms with Crippen LogP contribution in [0.3, 0.4) is 0 Å². The Morgan fingerprint density at radius 2 is 1.52 bits per heavy atom. The number of para-hydroxylation sites is 1. The second kappa shape index (κ2) is 12.3. The summed E-state index contributed by atoms with van der Waals surface area (Å²) in [7, 11) is -3.88. The van der Waals surface area contributed by atoms with Crippen molar-refractivity contribution in [1.29, 1.82) is 0 Å². The lowest BCUT2D eigenvalue weighted by atomic mass is 10.1. The summed E-state index contributed by atoms with van der Waals surface area (Å²) in [6.07, 6.45) is 0. The first-order valence-electron chi connectivity index (χ1n) is 12.1. The molecule has 7 nitrogen and oxygen atoms in total. The normalized spacial score (nSPS) is 11.3. The summed E-state index contributed by atoms with van der Waals surface area (Å²) in [5.74, 6) is 1.18. The predicted octanol–water partition coefficient (Wildman–Crippen LogP) is 7.77. The van der Waals surface area contributed by atoms with Gasteiger partial charge in [-0.15, -0.1) is 11.3 Å². The van der Waals surface area contributed by atoms with Gasteiger partial charge < -0.3 is 15.4 Å². The summed E-state index contributed by atoms with van der Waals surface area (Å²) in [4.78, 5) is 12.2. The van der Waals surface area contributed by atoms with E-state index in [1.54, 1.807) is 29.6 Å². The van der Waals surface area contributed by atoms with Gasteiger partial charge in [0.25, 0.3) is 10.0 Å². The minimum atomic E-state index is -3.88. The molecule has 1 aromatic heterocycles. The maximum Gasteiger partial charge on any atom is 0.319 e. The van der Waals surface area contributed by atoms with E-state index in [0.717, 1.165) is 22.1 Å². The third-order valence-corrected chi connectivity index (χ3v) is 9.20. The molecule has 11 heteroatoms. The molecule has 4 aromatic carbocycles. The van der Waals surface area contributed by atoms with E-state index in [1.807, 2.05) is 66.7 Å². The molecule has 5 aromatic rings. The van der Waals surface area contributed by atoms with E-state index in [-0.39, 0.29) is 17.3 Å². The average molecular weight is 613 g/mol. The lowest BCUT2D eigenvalue weighted by molar-refractivity contribution is 0.252. The van der Waals surface area contributed by atoms with Crippen LogP contribution in [0, 0.1) is 0 Å². The second-order valence-corrected chi connectivity index (χ2v) is 12.4. The summed E-state index contributed by atoms with van der Waals surface area (Å²) in [6, 6.07) is 27.0. The number of urea groups is 1. The molecule has 0 radical (unpaired) electrons. The van der Waals surface area contributed by atoms with Crippen molar-refractivity contribution in [3.05, 3.63) is 106 Å². The first-order chi connectivity index (χ1) is 19.3. The number of hydrogen-bond acceptors (Lipinski definition) is 5. The smallest absolute Gasteiger partial charge is 0.319 e. The van der Waals surface area contributed by atoms with E-state index >= 15 is 0 Å². The quantitative estimate of drug-likeness (QED) is 0.148. The molecular formula is C29H23Cl2N3O4S2. The number of sulfonamides is 1. The highest BCUT2D eigenvalue weighted by atomic mass is 35.5. The zero-order valence-corrected chi connectivity index (χ0v) is 24.0. The number of ether oxygens (including phenoxy) is 1. The Balaban J connectivity index is 1.25. The van der Waals surface area contributed by atoms with Crippen molar-refractivity contribution in [2.75, 3.05) is 18.4 Å². The van der Waals surface area contributed by atoms with Crippen LogP contribution >= 0.6 is 34.5 Å². The highest BCUT2D eigenvalue weighted by molar-refractivity contribution is 7.91. The van der Waals surface area contributed by atoms with E-state index in [4.69, 9.17) is 27.9 Å². The number of anilines is 1. The molecular weight excluding hydrogens is 589 g/mol. The molecule has 1 heterocycles. The lowest BCUT2D eigenvalue weighted by Crippen LogP contribution is -2.36. The largest absolute Gasteiger partial charge is 0.457 e. The third-order valence-electron chi connectivity index (χ3n) is 5.82. The Bertz CT molecular complexity index is 1770. The van der Waals surface area contributed by atoms with Crippen molar-refractivity contribution in [3.63, 3.8) is 0 Å². The Hall–Kier alpha value is -3.60. The summed E-state index contributed by atoms with van der Waals surface area (Å²) in [5, 5.41) is 9.83. The summed E-state index contributed by atoms with van der Waals surface area (Å²) in [5.41, 5.74) is 1.59. The fourth-order valence-corrected chi connectivity index (χ4v) is 7.05. The molecule has 204 valence electrons. The van der Waals surface area contributed by atoms with Crippen LogP contribution in [0.15, 0.2) is 101 Å². The number of halogens is 2. The summed E-state index contributed by atoms with van der Waals surface area (Å²) < 4.78 is 35.4. The van der Waals surface area contributed by atoms with E-state index in [2.05, 4.69) is 15.4 Å². The first-order valence-corrected chi connectivity index (χ1v) is 15.2. The summed E-state index contributed by atoms with van der Waals surface area (Å²) in [6.45, 7) is 0.0420. The number of nitrogens with one attached hydrogen (secondary N) is 3. The molecule has 0 atom stereocenters. The maximum absolute atomic E-state index is 13.2. The molecule has 3 N–H and O–H groups in total. The molecule has 0 aliphatic rings. The topological polar surface area (TPSA) is 96.5 Å². The molecule has 40 heavy (non-hydrogen) atoms. The van der Waals surface area contributed by atoms with Crippen LogP contribution in [0.4, 0.5) is 10.5 Å². The van der Waals surface area contributed by atoms with Gasteiger partial charge in [0.05, 0.1) is 0 Å². The molecule has 0 unspecified atom stereocenters. The monoisotopic (exact) mass is 611 g/mol. The average Bonchev–Trinajstić information content (AvgIpc) is 3.42. The first kappa shape index (κ1) is 27.9. The standard InChI is InChI=1S/C29H23Cl2N3O4S2/c30-21-16-22(31)18-23(17-21)34-29(35)32-12-13-33-40(36,37)28-26(11-14-39-28)25-7-3-4-8-27(25)38-24-10-9-19-5-1-2-6-20(19)15-24/h1-11,14-18,33H,12-13H2,(H2,32,34,35). The number of thiophene rings is 1. The number of fused-ring (bicyclic) bond motifs is 1. The molecule has 0 aliphatic heterocycles. The summed E-state index contributed by atoms with van der Waals surface area (Å²) >= 11 is 13.0. The zero-order chi connectivity index (χ0) is 28.1. The van der Waals surface area contributed by atoms with Crippen molar-refractivity contribution in [1.82, 2.24) is 10.0 Å². The second-order valence-electron chi connectivity index (χ2n) is 8.67. The van der Waals surface area contributed by atoms with Crippen LogP contribution in [0.5, 0.6) is 11.5 Å². The number of amides is 2. The van der Waals surface area contributed by atoms with E-state index in [1.165, 1.54) is 0 Å². The van der Waals surface area contributed by atoms with Crippen LogP contribution in [0.2, 0.25) is 10.0 Å². The number of benzene rings is 4. The van der Waals surface area contributed by atoms with Crippen molar-refractivity contribution >= 4 is 67.1 Å². The zero-order valence-electron chi connectivity index (χ0n) is 20.9. The molecule has 0 saturated carbocycles. The Kier molecular flexibility index (Phi) is 8.58. The SMILES string of the molecule is O=C(NCCNS(=O)(=O)c1sccc1-c1ccccc1Oc1ccc2ccccc2c1)Nc1cc(Cl)cc(Cl)c1. The van der Waals surface area contributed by atoms with Gasteiger partial charge in [0.1, 0.15) is 15.7 Å². The van der Waals surface area contributed by atoms with Crippen LogP contribution in [0.25, 0.3) is 21.9 Å². The van der Waals surface area contributed by atoms with Crippen LogP contribution < -0.4 is 20.1 Å². The highest BCUT2D eigenvalue weighted by Gasteiger charge is 2.23. The lowest BCUT2D eigenvalue weighted by Gasteiger charge is -2.13. The van der Waals surface area contributed by atoms with Gasteiger partial charge in [-0.2, -0.15) is 0 Å². The van der Waals surface area contributed by atoms with Gasteiger partial charge >= 0.3 is 6.03 Å². The minimum Gasteiger partial charge on any atom is -0.457 e. The van der Waals surface area contributed by atoms with Gasteiger partial charge in [-0.25, -0.2) is 17.9 Å². The predicted molar refractivity (Wildman–Crippen MR) is 162 cm³/mol. The number of hydrogen-bond donors (Lipinski definition) is 3. The van der Waals surface area contributed by atoms with E-state index < -0.39 is 16.1 Å². The van der Waals surface area contributed by atoms with Gasteiger partial charge in [-0.3, -0.25) is 0 Å². The number of carbonyl (C=O) groups excluding carboxylic acids is 1. The van der Waals surface area contributed by atoms with Gasteiger partial charge in [-0.05, 0) is 58.6 Å². The van der Waals surface area contributed by atoms with Gasteiger partial charge in [0.2, 0.25) is 0 Å². The molecule has 2 amide bonds. The van der Waals surface area contributed by atoms with Crippen LogP contribution in [-0.4, -0.2) is 27.5 Å². The maximum atomic E-state index is 13.2. The van der Waals surface area contributed by atoms with Crippen molar-refractivity contribution in [3.8, 4) is 22.6 Å². The van der Waals surface area contributed by atoms with Crippen molar-refractivity contribution in [2.45, 2.75) is 4.21 Å². The Labute approximate surface area is 245 Å². The Morgan fingerprint density at radius 3 is 2.33 bits per heavy atom. The molecule has 0 bridgehead atoms. The van der Waals surface area contributed by atoms with Gasteiger partial charge in [0.15, 0.2) is 0 Å². The molecule has 0 aliphatic carbocycles. The molecule has 5 rings (SSSR count). The molecule has 0 saturated heterocycles. The fourth-order valence-electron chi connectivity index (χ4n) is 4.07. The Morgan fingerprint density at radius 1 is 0.800 bits per heavy atom. The van der Waals surface area contributed by atoms with E-state index in [9.17, 15) is 13.2 Å². The number of rotatable bonds is 9. The van der Waals surface area contributed by atoms with E-state index in [0.29, 0.717) is 38.4 Å². The number of carbonyl (C=O) groups is 1. The van der Waals surface area contributed by atoms with Gasteiger partial charge in [-0.1, -0.05) is 71.7 Å². The van der Waals surface area contributed by atoms with Crippen molar-refractivity contribution in [2.24, 2.45) is 0 Å². The molecule has 0 fully saturated rings. The fraction of sp³-hybridized carbons (Fsp3) is 0.0690. The molecule has 0 spiro atoms. The van der Waals surface area contributed by atoms with Crippen molar-refractivity contribution < 1.29 is 17.9 Å². The third kappa shape index (κ3) is 6.75. The van der Waals surface area contributed by atoms with Crippen LogP contribution in [0.1, 0.15) is 0 Å².